The van der Waals surface area contributed by atoms with Crippen LogP contribution in [0.2, 0.25) is 0 Å². The first-order valence-corrected chi connectivity index (χ1v) is 16.6. The fraction of sp³-hybridized carbons (Fsp3) is 0.812. The van der Waals surface area contributed by atoms with E-state index in [0.717, 1.165) is 63.9 Å². The van der Waals surface area contributed by atoms with E-state index in [0.29, 0.717) is 37.2 Å². The maximum Gasteiger partial charge on any atom is 0.250 e. The Bertz CT molecular complexity index is 1190. The number of carbonyl (C=O) groups excluding carboxylic acids is 2. The van der Waals surface area contributed by atoms with E-state index < -0.39 is 5.92 Å². The van der Waals surface area contributed by atoms with E-state index in [1.54, 1.807) is 6.92 Å². The van der Waals surface area contributed by atoms with E-state index in [9.17, 15) is 18.4 Å². The molecule has 246 valence electrons. The number of carbonyl (C=O) groups is 2. The Balaban J connectivity index is 0.000000584. The van der Waals surface area contributed by atoms with Crippen molar-refractivity contribution in [2.45, 2.75) is 97.1 Å². The molecule has 5 aliphatic rings. The third-order valence-electron chi connectivity index (χ3n) is 10.2. The minimum atomic E-state index is -2.53. The molecule has 0 spiro atoms. The first kappa shape index (κ1) is 32.8. The molecule has 0 bridgehead atoms. The fourth-order valence-electron chi connectivity index (χ4n) is 6.98. The Morgan fingerprint density at radius 1 is 1.18 bits per heavy atom. The van der Waals surface area contributed by atoms with Crippen LogP contribution >= 0.6 is 0 Å². The number of imidazole rings is 1. The minimum Gasteiger partial charge on any atom is -0.378 e. The van der Waals surface area contributed by atoms with Gasteiger partial charge in [0.05, 0.1) is 31.1 Å². The second kappa shape index (κ2) is 13.8. The summed E-state index contributed by atoms with van der Waals surface area (Å²) >= 11 is 0. The monoisotopic (exact) mass is 619 g/mol. The van der Waals surface area contributed by atoms with Gasteiger partial charge in [-0.05, 0) is 44.4 Å². The predicted molar refractivity (Wildman–Crippen MR) is 166 cm³/mol. The number of nitrogens with zero attached hydrogens (tertiary/aromatic N) is 5. The van der Waals surface area contributed by atoms with Gasteiger partial charge in [0.2, 0.25) is 11.8 Å². The van der Waals surface area contributed by atoms with Gasteiger partial charge in [-0.25, -0.2) is 18.4 Å². The van der Waals surface area contributed by atoms with Crippen molar-refractivity contribution in [1.82, 2.24) is 24.8 Å². The maximum atomic E-state index is 13.7. The molecule has 5 heterocycles. The number of hydrogen-bond acceptors (Lipinski definition) is 8. The van der Waals surface area contributed by atoms with Gasteiger partial charge in [-0.15, -0.1) is 0 Å². The molecule has 1 saturated carbocycles. The summed E-state index contributed by atoms with van der Waals surface area (Å²) in [7, 11) is 0. The number of rotatable bonds is 5. The van der Waals surface area contributed by atoms with Crippen LogP contribution in [0.15, 0.2) is 11.2 Å². The number of aromatic nitrogens is 2. The van der Waals surface area contributed by atoms with Crippen molar-refractivity contribution in [2.24, 2.45) is 28.7 Å². The van der Waals surface area contributed by atoms with Gasteiger partial charge < -0.3 is 20.4 Å². The largest absolute Gasteiger partial charge is 0.378 e. The third kappa shape index (κ3) is 7.78. The second-order valence-corrected chi connectivity index (χ2v) is 14.0. The average molecular weight is 620 g/mol. The summed E-state index contributed by atoms with van der Waals surface area (Å²) < 4.78 is 35.2. The lowest BCUT2D eigenvalue weighted by molar-refractivity contribution is -0.127. The number of nitrogens with one attached hydrogen (secondary N) is 2. The van der Waals surface area contributed by atoms with Gasteiger partial charge in [-0.1, -0.05) is 27.7 Å². The molecule has 1 amide bonds. The Morgan fingerprint density at radius 3 is 2.61 bits per heavy atom. The molecule has 1 aliphatic carbocycles. The van der Waals surface area contributed by atoms with Crippen LogP contribution in [0.1, 0.15) is 84.8 Å². The number of Topliss-reactive ketones (excluding diaryl/α,β-unsaturated/α-hetero) is 1. The summed E-state index contributed by atoms with van der Waals surface area (Å²) in [5.74, 6) is 0.243. The summed E-state index contributed by atoms with van der Waals surface area (Å²) in [6.07, 6.45) is 4.46. The molecule has 5 unspecified atom stereocenters. The standard InChI is InChI=1S/C27H41F2N7O2.C5H10O/c1-17-11-20(25(37)30-13-17)12-22-24(35-8-7-34-9-10-38-16-21(34)14-35)32-26-31-23(15-36(26)33-22)18(2)19-3-5-27(28,29)6-4-19;1-4(2)5(3)6/h15,17-22,33H,3-14,16H2,1-2H3,(H,30,37);4H,1-3H3. The van der Waals surface area contributed by atoms with Gasteiger partial charge in [0.15, 0.2) is 0 Å². The van der Waals surface area contributed by atoms with E-state index in [1.165, 1.54) is 0 Å². The molecule has 0 radical (unpaired) electrons. The molecule has 3 saturated heterocycles. The van der Waals surface area contributed by atoms with Gasteiger partial charge in [0.25, 0.3) is 5.95 Å². The predicted octanol–water partition coefficient (Wildman–Crippen LogP) is 4.18. The van der Waals surface area contributed by atoms with Crippen LogP contribution in [0, 0.1) is 23.7 Å². The molecule has 4 aliphatic heterocycles. The molecule has 6 rings (SSSR count). The zero-order chi connectivity index (χ0) is 31.6. The third-order valence-corrected chi connectivity index (χ3v) is 10.2. The lowest BCUT2D eigenvalue weighted by Gasteiger charge is -2.46. The van der Waals surface area contributed by atoms with E-state index in [2.05, 4.69) is 34.4 Å². The van der Waals surface area contributed by atoms with Crippen molar-refractivity contribution in [3.63, 3.8) is 0 Å². The number of hydrogen-bond donors (Lipinski definition) is 2. The SMILES string of the molecule is CC(=O)C(C)C.CC1CNC(=O)C(CC2Nn3cc(C(C)C4CCC(F)(F)CC4)nc3N=C2N2CCN3CCOCC3C2)C1. The number of amidine groups is 1. The Kier molecular flexibility index (Phi) is 10.3. The van der Waals surface area contributed by atoms with Gasteiger partial charge >= 0.3 is 0 Å². The number of piperazine rings is 1. The summed E-state index contributed by atoms with van der Waals surface area (Å²) in [5, 5.41) is 3.07. The van der Waals surface area contributed by atoms with Crippen molar-refractivity contribution in [1.29, 1.82) is 0 Å². The van der Waals surface area contributed by atoms with Crippen LogP contribution in [-0.2, 0) is 14.3 Å². The van der Waals surface area contributed by atoms with Crippen LogP contribution in [-0.4, -0.2) is 101 Å². The number of halogens is 2. The van der Waals surface area contributed by atoms with Gasteiger partial charge in [-0.2, -0.15) is 4.99 Å². The fourth-order valence-corrected chi connectivity index (χ4v) is 6.98. The highest BCUT2D eigenvalue weighted by atomic mass is 19.3. The van der Waals surface area contributed by atoms with Crippen molar-refractivity contribution < 1.29 is 23.1 Å². The summed E-state index contributed by atoms with van der Waals surface area (Å²) in [6, 6.07) is 0.214. The number of morpholine rings is 1. The van der Waals surface area contributed by atoms with Gasteiger partial charge in [-0.3, -0.25) is 14.5 Å². The molecule has 1 aromatic rings. The molecule has 1 aromatic heterocycles. The molecular formula is C32H51F2N7O3. The highest BCUT2D eigenvalue weighted by Gasteiger charge is 2.40. The number of aliphatic imine (C=N–C) groups is 1. The second-order valence-electron chi connectivity index (χ2n) is 14.0. The van der Waals surface area contributed by atoms with Crippen molar-refractivity contribution in [3.05, 3.63) is 11.9 Å². The van der Waals surface area contributed by atoms with Crippen molar-refractivity contribution in [2.75, 3.05) is 51.4 Å². The molecular weight excluding hydrogens is 568 g/mol. The summed E-state index contributed by atoms with van der Waals surface area (Å²) in [5.41, 5.74) is 4.52. The van der Waals surface area contributed by atoms with Crippen LogP contribution in [0.25, 0.3) is 0 Å². The van der Waals surface area contributed by atoms with Crippen LogP contribution in [0.3, 0.4) is 0 Å². The minimum absolute atomic E-state index is 0.0447. The summed E-state index contributed by atoms with van der Waals surface area (Å²) in [4.78, 5) is 37.7. The van der Waals surface area contributed by atoms with E-state index in [-0.39, 0.29) is 54.2 Å². The van der Waals surface area contributed by atoms with Gasteiger partial charge in [0, 0.05) is 63.3 Å². The smallest absolute Gasteiger partial charge is 0.250 e. The van der Waals surface area contributed by atoms with Crippen LogP contribution in [0.4, 0.5) is 14.7 Å². The van der Waals surface area contributed by atoms with Crippen LogP contribution < -0.4 is 10.7 Å². The van der Waals surface area contributed by atoms with E-state index in [1.807, 2.05) is 24.7 Å². The normalized spacial score (nSPS) is 29.8. The highest BCUT2D eigenvalue weighted by Crippen LogP contribution is 2.42. The number of piperidine rings is 1. The molecule has 10 nitrogen and oxygen atoms in total. The lowest BCUT2D eigenvalue weighted by atomic mass is 9.78. The Morgan fingerprint density at radius 2 is 1.91 bits per heavy atom. The van der Waals surface area contributed by atoms with Gasteiger partial charge in [0.1, 0.15) is 17.7 Å². The van der Waals surface area contributed by atoms with E-state index >= 15 is 0 Å². The molecule has 5 atom stereocenters. The first-order chi connectivity index (χ1) is 20.9. The number of ether oxygens (including phenoxy) is 1. The molecule has 2 N–H and O–H groups in total. The maximum absolute atomic E-state index is 13.7. The lowest BCUT2D eigenvalue weighted by Crippen LogP contribution is -2.61. The molecule has 12 heteroatoms. The molecule has 44 heavy (non-hydrogen) atoms. The van der Waals surface area contributed by atoms with Crippen LogP contribution in [0.5, 0.6) is 0 Å². The quantitative estimate of drug-likeness (QED) is 0.510. The topological polar surface area (TPSA) is 104 Å². The number of amides is 1. The summed E-state index contributed by atoms with van der Waals surface area (Å²) in [6.45, 7) is 15.5. The number of alkyl halides is 2. The number of fused-ring (bicyclic) bond motifs is 2. The van der Waals surface area contributed by atoms with Crippen molar-refractivity contribution in [3.8, 4) is 0 Å². The van der Waals surface area contributed by atoms with Crippen molar-refractivity contribution >= 4 is 23.5 Å². The highest BCUT2D eigenvalue weighted by molar-refractivity contribution is 5.92. The zero-order valence-electron chi connectivity index (χ0n) is 27.0. The molecule has 4 fully saturated rings. The number of ketones is 1. The zero-order valence-corrected chi connectivity index (χ0v) is 27.0. The Hall–Kier alpha value is -2.60. The average Bonchev–Trinajstić information content (AvgIpc) is 3.41. The van der Waals surface area contributed by atoms with E-state index in [4.69, 9.17) is 14.7 Å². The molecule has 0 aromatic carbocycles. The first-order valence-electron chi connectivity index (χ1n) is 16.6. The Labute approximate surface area is 260 Å².